The standard InChI is InChI=1S/C11H12BrN3/c1-8(13)11-6-14-7-15(11)10-4-2-3-9(12)5-10/h2-8H,13H2,1H3/t8-/m1/s1. The summed E-state index contributed by atoms with van der Waals surface area (Å²) in [5.41, 5.74) is 7.93. The molecule has 0 aliphatic carbocycles. The Morgan fingerprint density at radius 2 is 2.27 bits per heavy atom. The fourth-order valence-corrected chi connectivity index (χ4v) is 1.87. The summed E-state index contributed by atoms with van der Waals surface area (Å²) < 4.78 is 3.04. The summed E-state index contributed by atoms with van der Waals surface area (Å²) in [5.74, 6) is 0. The quantitative estimate of drug-likeness (QED) is 0.908. The number of nitrogens with zero attached hydrogens (tertiary/aromatic N) is 2. The lowest BCUT2D eigenvalue weighted by atomic mass is 10.2. The maximum Gasteiger partial charge on any atom is 0.0994 e. The molecule has 0 radical (unpaired) electrons. The van der Waals surface area contributed by atoms with Gasteiger partial charge in [0.05, 0.1) is 18.2 Å². The molecular weight excluding hydrogens is 254 g/mol. The smallest absolute Gasteiger partial charge is 0.0994 e. The molecular formula is C11H12BrN3. The molecule has 1 aromatic carbocycles. The third-order valence-electron chi connectivity index (χ3n) is 2.22. The van der Waals surface area contributed by atoms with E-state index in [1.54, 1.807) is 12.5 Å². The topological polar surface area (TPSA) is 43.8 Å². The van der Waals surface area contributed by atoms with Crippen LogP contribution in [0.4, 0.5) is 0 Å². The first-order valence-corrected chi connectivity index (χ1v) is 5.51. The van der Waals surface area contributed by atoms with E-state index < -0.39 is 0 Å². The third kappa shape index (κ3) is 2.11. The number of hydrogen-bond acceptors (Lipinski definition) is 2. The third-order valence-corrected chi connectivity index (χ3v) is 2.71. The summed E-state index contributed by atoms with van der Waals surface area (Å²) in [5, 5.41) is 0. The van der Waals surface area contributed by atoms with Gasteiger partial charge in [0.15, 0.2) is 0 Å². The summed E-state index contributed by atoms with van der Waals surface area (Å²) in [6, 6.07) is 8.02. The Morgan fingerprint density at radius 1 is 1.47 bits per heavy atom. The minimum absolute atomic E-state index is 0.0218. The van der Waals surface area contributed by atoms with Crippen molar-refractivity contribution in [2.24, 2.45) is 5.73 Å². The molecule has 3 nitrogen and oxygen atoms in total. The van der Waals surface area contributed by atoms with Gasteiger partial charge in [0.25, 0.3) is 0 Å². The van der Waals surface area contributed by atoms with Crippen molar-refractivity contribution in [3.05, 3.63) is 47.0 Å². The molecule has 0 aliphatic rings. The van der Waals surface area contributed by atoms with Crippen molar-refractivity contribution < 1.29 is 0 Å². The number of aromatic nitrogens is 2. The molecule has 15 heavy (non-hydrogen) atoms. The fraction of sp³-hybridized carbons (Fsp3) is 0.182. The zero-order valence-corrected chi connectivity index (χ0v) is 9.98. The van der Waals surface area contributed by atoms with Crippen molar-refractivity contribution in [3.63, 3.8) is 0 Å². The van der Waals surface area contributed by atoms with Gasteiger partial charge in [0.1, 0.15) is 0 Å². The zero-order chi connectivity index (χ0) is 10.8. The van der Waals surface area contributed by atoms with Crippen LogP contribution in [0.2, 0.25) is 0 Å². The van der Waals surface area contributed by atoms with Crippen LogP contribution in [0.5, 0.6) is 0 Å². The Balaban J connectivity index is 2.49. The Bertz CT molecular complexity index is 462. The molecule has 0 fully saturated rings. The molecule has 0 amide bonds. The van der Waals surface area contributed by atoms with Gasteiger partial charge in [0.2, 0.25) is 0 Å². The van der Waals surface area contributed by atoms with Crippen molar-refractivity contribution in [1.29, 1.82) is 0 Å². The molecule has 0 spiro atoms. The molecule has 2 aromatic rings. The van der Waals surface area contributed by atoms with E-state index in [9.17, 15) is 0 Å². The van der Waals surface area contributed by atoms with Crippen LogP contribution in [0.15, 0.2) is 41.3 Å². The van der Waals surface area contributed by atoms with Crippen LogP contribution in [0.25, 0.3) is 5.69 Å². The van der Waals surface area contributed by atoms with Gasteiger partial charge in [-0.1, -0.05) is 22.0 Å². The Kier molecular flexibility index (Phi) is 2.88. The molecule has 78 valence electrons. The maximum atomic E-state index is 5.86. The van der Waals surface area contributed by atoms with E-state index in [0.29, 0.717) is 0 Å². The predicted octanol–water partition coefficient (Wildman–Crippen LogP) is 2.65. The highest BCUT2D eigenvalue weighted by molar-refractivity contribution is 9.10. The van der Waals surface area contributed by atoms with Gasteiger partial charge in [-0.25, -0.2) is 4.98 Å². The van der Waals surface area contributed by atoms with Gasteiger partial charge in [-0.3, -0.25) is 0 Å². The highest BCUT2D eigenvalue weighted by Crippen LogP contribution is 2.19. The molecule has 0 saturated heterocycles. The molecule has 1 heterocycles. The van der Waals surface area contributed by atoms with Gasteiger partial charge in [-0.15, -0.1) is 0 Å². The largest absolute Gasteiger partial charge is 0.323 e. The van der Waals surface area contributed by atoms with Crippen LogP contribution in [0, 0.1) is 0 Å². The summed E-state index contributed by atoms with van der Waals surface area (Å²) in [7, 11) is 0. The number of nitrogens with two attached hydrogens (primary N) is 1. The molecule has 1 atom stereocenters. The first-order chi connectivity index (χ1) is 7.18. The highest BCUT2D eigenvalue weighted by atomic mass is 79.9. The zero-order valence-electron chi connectivity index (χ0n) is 8.39. The van der Waals surface area contributed by atoms with E-state index in [-0.39, 0.29) is 6.04 Å². The normalized spacial score (nSPS) is 12.7. The van der Waals surface area contributed by atoms with Gasteiger partial charge >= 0.3 is 0 Å². The van der Waals surface area contributed by atoms with E-state index in [2.05, 4.69) is 20.9 Å². The van der Waals surface area contributed by atoms with Crippen LogP contribution >= 0.6 is 15.9 Å². The Labute approximate surface area is 97.1 Å². The summed E-state index contributed by atoms with van der Waals surface area (Å²) in [4.78, 5) is 4.12. The fourth-order valence-electron chi connectivity index (χ4n) is 1.48. The van der Waals surface area contributed by atoms with Crippen molar-refractivity contribution in [2.45, 2.75) is 13.0 Å². The molecule has 4 heteroatoms. The van der Waals surface area contributed by atoms with Gasteiger partial charge < -0.3 is 10.3 Å². The number of rotatable bonds is 2. The number of imidazole rings is 1. The van der Waals surface area contributed by atoms with Crippen molar-refractivity contribution in [1.82, 2.24) is 9.55 Å². The SMILES string of the molecule is C[C@@H](N)c1cncn1-c1cccc(Br)c1. The number of benzene rings is 1. The Hall–Kier alpha value is -1.13. The van der Waals surface area contributed by atoms with Crippen LogP contribution in [-0.2, 0) is 0 Å². The van der Waals surface area contributed by atoms with E-state index in [0.717, 1.165) is 15.9 Å². The minimum Gasteiger partial charge on any atom is -0.323 e. The number of hydrogen-bond donors (Lipinski definition) is 1. The van der Waals surface area contributed by atoms with E-state index in [4.69, 9.17) is 5.73 Å². The molecule has 1 aromatic heterocycles. The highest BCUT2D eigenvalue weighted by Gasteiger charge is 2.07. The maximum absolute atomic E-state index is 5.86. The molecule has 2 rings (SSSR count). The summed E-state index contributed by atoms with van der Waals surface area (Å²) in [6.45, 7) is 1.95. The lowest BCUT2D eigenvalue weighted by molar-refractivity contribution is 0.752. The minimum atomic E-state index is -0.0218. The predicted molar refractivity (Wildman–Crippen MR) is 63.9 cm³/mol. The van der Waals surface area contributed by atoms with E-state index in [1.807, 2.05) is 35.8 Å². The van der Waals surface area contributed by atoms with Crippen LogP contribution in [0.3, 0.4) is 0 Å². The first kappa shape index (κ1) is 10.4. The van der Waals surface area contributed by atoms with Gasteiger partial charge in [0, 0.05) is 16.2 Å². The average Bonchev–Trinajstić information content (AvgIpc) is 2.65. The second-order valence-corrected chi connectivity index (χ2v) is 4.37. The van der Waals surface area contributed by atoms with E-state index in [1.165, 1.54) is 0 Å². The second kappa shape index (κ2) is 4.16. The van der Waals surface area contributed by atoms with Crippen molar-refractivity contribution in [2.75, 3.05) is 0 Å². The van der Waals surface area contributed by atoms with Gasteiger partial charge in [-0.05, 0) is 25.1 Å². The van der Waals surface area contributed by atoms with Crippen LogP contribution in [-0.4, -0.2) is 9.55 Å². The average molecular weight is 266 g/mol. The molecule has 0 bridgehead atoms. The number of halogens is 1. The molecule has 2 N–H and O–H groups in total. The lowest BCUT2D eigenvalue weighted by Crippen LogP contribution is -2.10. The first-order valence-electron chi connectivity index (χ1n) is 4.72. The monoisotopic (exact) mass is 265 g/mol. The lowest BCUT2D eigenvalue weighted by Gasteiger charge is -2.10. The van der Waals surface area contributed by atoms with Gasteiger partial charge in [-0.2, -0.15) is 0 Å². The Morgan fingerprint density at radius 3 is 2.93 bits per heavy atom. The van der Waals surface area contributed by atoms with Crippen molar-refractivity contribution >= 4 is 15.9 Å². The molecule has 0 saturated carbocycles. The second-order valence-electron chi connectivity index (χ2n) is 3.46. The van der Waals surface area contributed by atoms with Crippen LogP contribution in [0.1, 0.15) is 18.7 Å². The van der Waals surface area contributed by atoms with E-state index >= 15 is 0 Å². The summed E-state index contributed by atoms with van der Waals surface area (Å²) in [6.07, 6.45) is 3.58. The van der Waals surface area contributed by atoms with Crippen LogP contribution < -0.4 is 5.73 Å². The molecule has 0 aliphatic heterocycles. The van der Waals surface area contributed by atoms with Crippen molar-refractivity contribution in [3.8, 4) is 5.69 Å². The summed E-state index contributed by atoms with van der Waals surface area (Å²) >= 11 is 3.44. The molecule has 0 unspecified atom stereocenters.